The highest BCUT2D eigenvalue weighted by atomic mass is 16.5. The number of aromatic nitrogens is 4. The SMILES string of the molecule is Nc1n[nH]c(=O)c2c1c(-c1ccc(Oc3ccccc3)cc1)nn2C1CCC(N)CC1. The van der Waals surface area contributed by atoms with Crippen molar-refractivity contribution in [2.75, 3.05) is 5.73 Å². The molecule has 1 aliphatic rings. The second-order valence-corrected chi connectivity index (χ2v) is 7.96. The van der Waals surface area contributed by atoms with Gasteiger partial charge in [0.25, 0.3) is 5.56 Å². The van der Waals surface area contributed by atoms with E-state index in [1.165, 1.54) is 0 Å². The van der Waals surface area contributed by atoms with E-state index >= 15 is 0 Å². The predicted octanol–water partition coefficient (Wildman–Crippen LogP) is 3.60. The summed E-state index contributed by atoms with van der Waals surface area (Å²) < 4.78 is 7.70. The van der Waals surface area contributed by atoms with Crippen LogP contribution in [0.15, 0.2) is 59.4 Å². The van der Waals surface area contributed by atoms with Crippen LogP contribution in [0.3, 0.4) is 0 Å². The summed E-state index contributed by atoms with van der Waals surface area (Å²) in [7, 11) is 0. The van der Waals surface area contributed by atoms with Crippen molar-refractivity contribution in [2.45, 2.75) is 37.8 Å². The summed E-state index contributed by atoms with van der Waals surface area (Å²) in [5.41, 5.74) is 13.9. The molecule has 0 aliphatic heterocycles. The van der Waals surface area contributed by atoms with Gasteiger partial charge in [0.1, 0.15) is 22.7 Å². The molecule has 2 aromatic carbocycles. The van der Waals surface area contributed by atoms with E-state index in [9.17, 15) is 4.79 Å². The Morgan fingerprint density at radius 1 is 0.968 bits per heavy atom. The van der Waals surface area contributed by atoms with Crippen molar-refractivity contribution in [3.8, 4) is 22.8 Å². The molecule has 31 heavy (non-hydrogen) atoms. The quantitative estimate of drug-likeness (QED) is 0.467. The molecule has 0 unspecified atom stereocenters. The number of anilines is 1. The highest BCUT2D eigenvalue weighted by molar-refractivity contribution is 5.99. The number of H-pyrrole nitrogens is 1. The van der Waals surface area contributed by atoms with Gasteiger partial charge in [-0.1, -0.05) is 18.2 Å². The molecule has 5 N–H and O–H groups in total. The van der Waals surface area contributed by atoms with Crippen LogP contribution >= 0.6 is 0 Å². The van der Waals surface area contributed by atoms with E-state index in [1.807, 2.05) is 59.3 Å². The Bertz CT molecular complexity index is 1260. The number of rotatable bonds is 4. The third-order valence-corrected chi connectivity index (χ3v) is 5.85. The van der Waals surface area contributed by atoms with Crippen molar-refractivity contribution in [3.05, 3.63) is 65.0 Å². The average Bonchev–Trinajstić information content (AvgIpc) is 3.20. The Morgan fingerprint density at radius 3 is 2.35 bits per heavy atom. The van der Waals surface area contributed by atoms with Gasteiger partial charge in [0.15, 0.2) is 5.82 Å². The highest BCUT2D eigenvalue weighted by Gasteiger charge is 2.26. The van der Waals surface area contributed by atoms with E-state index in [2.05, 4.69) is 10.2 Å². The molecule has 4 aromatic rings. The predicted molar refractivity (Wildman–Crippen MR) is 120 cm³/mol. The Labute approximate surface area is 178 Å². The average molecular weight is 416 g/mol. The van der Waals surface area contributed by atoms with Gasteiger partial charge in [-0.2, -0.15) is 10.2 Å². The maximum atomic E-state index is 12.7. The van der Waals surface area contributed by atoms with Gasteiger partial charge in [0.2, 0.25) is 0 Å². The molecule has 0 saturated heterocycles. The van der Waals surface area contributed by atoms with E-state index in [0.29, 0.717) is 22.3 Å². The zero-order chi connectivity index (χ0) is 21.4. The number of nitrogens with one attached hydrogen (secondary N) is 1. The summed E-state index contributed by atoms with van der Waals surface area (Å²) in [6.45, 7) is 0. The molecule has 0 atom stereocenters. The minimum Gasteiger partial charge on any atom is -0.457 e. The van der Waals surface area contributed by atoms with Crippen molar-refractivity contribution in [1.82, 2.24) is 20.0 Å². The van der Waals surface area contributed by atoms with Crippen molar-refractivity contribution >= 4 is 16.7 Å². The van der Waals surface area contributed by atoms with Gasteiger partial charge in [0.05, 0.1) is 11.4 Å². The molecule has 2 heterocycles. The summed E-state index contributed by atoms with van der Waals surface area (Å²) in [5, 5.41) is 11.9. The number of fused-ring (bicyclic) bond motifs is 1. The molecule has 1 saturated carbocycles. The number of nitrogens with zero attached hydrogens (tertiary/aromatic N) is 3. The number of nitrogens with two attached hydrogens (primary N) is 2. The van der Waals surface area contributed by atoms with Gasteiger partial charge in [-0.05, 0) is 62.1 Å². The number of benzene rings is 2. The normalized spacial score (nSPS) is 18.9. The molecule has 2 aromatic heterocycles. The van der Waals surface area contributed by atoms with Gasteiger partial charge in [-0.3, -0.25) is 9.48 Å². The van der Waals surface area contributed by atoms with Crippen LogP contribution in [0, 0.1) is 0 Å². The zero-order valence-electron chi connectivity index (χ0n) is 17.0. The van der Waals surface area contributed by atoms with E-state index < -0.39 is 0 Å². The van der Waals surface area contributed by atoms with Crippen LogP contribution in [0.2, 0.25) is 0 Å². The van der Waals surface area contributed by atoms with Crippen molar-refractivity contribution in [3.63, 3.8) is 0 Å². The van der Waals surface area contributed by atoms with Gasteiger partial charge < -0.3 is 16.2 Å². The summed E-state index contributed by atoms with van der Waals surface area (Å²) in [4.78, 5) is 12.7. The third kappa shape index (κ3) is 3.66. The topological polar surface area (TPSA) is 125 Å². The van der Waals surface area contributed by atoms with Crippen molar-refractivity contribution in [1.29, 1.82) is 0 Å². The Kier molecular flexibility index (Phi) is 4.91. The summed E-state index contributed by atoms with van der Waals surface area (Å²) in [5.74, 6) is 1.73. The Morgan fingerprint density at radius 2 is 1.65 bits per heavy atom. The van der Waals surface area contributed by atoms with Crippen LogP contribution in [0.25, 0.3) is 22.2 Å². The first-order chi connectivity index (χ1) is 15.1. The zero-order valence-corrected chi connectivity index (χ0v) is 17.0. The Balaban J connectivity index is 1.55. The van der Waals surface area contributed by atoms with Gasteiger partial charge in [-0.25, -0.2) is 5.10 Å². The van der Waals surface area contributed by atoms with Crippen LogP contribution in [0.1, 0.15) is 31.7 Å². The van der Waals surface area contributed by atoms with E-state index in [1.54, 1.807) is 0 Å². The standard InChI is InChI=1S/C23H24N6O2/c24-15-8-10-16(11-9-15)29-21-19(22(25)26-27-23(21)30)20(28-29)14-6-12-18(13-7-14)31-17-4-2-1-3-5-17/h1-7,12-13,15-16H,8-11,24H2,(H2,25,26)(H,27,30). The number of hydrogen-bond donors (Lipinski definition) is 3. The number of hydrogen-bond acceptors (Lipinski definition) is 6. The maximum Gasteiger partial charge on any atom is 0.290 e. The van der Waals surface area contributed by atoms with Crippen LogP contribution < -0.4 is 21.8 Å². The molecule has 0 bridgehead atoms. The highest BCUT2D eigenvalue weighted by Crippen LogP contribution is 2.35. The van der Waals surface area contributed by atoms with Crippen molar-refractivity contribution < 1.29 is 4.74 Å². The maximum absolute atomic E-state index is 12.7. The van der Waals surface area contributed by atoms with Crippen molar-refractivity contribution in [2.24, 2.45) is 5.73 Å². The molecule has 8 heteroatoms. The summed E-state index contributed by atoms with van der Waals surface area (Å²) in [6, 6.07) is 17.5. The summed E-state index contributed by atoms with van der Waals surface area (Å²) >= 11 is 0. The smallest absolute Gasteiger partial charge is 0.290 e. The monoisotopic (exact) mass is 416 g/mol. The Hall–Kier alpha value is -3.65. The third-order valence-electron chi connectivity index (χ3n) is 5.85. The van der Waals surface area contributed by atoms with E-state index in [4.69, 9.17) is 21.3 Å². The lowest BCUT2D eigenvalue weighted by Crippen LogP contribution is -2.29. The number of ether oxygens (including phenoxy) is 1. The van der Waals surface area contributed by atoms with E-state index in [0.717, 1.165) is 37.0 Å². The number of nitrogen functional groups attached to an aromatic ring is 1. The second-order valence-electron chi connectivity index (χ2n) is 7.96. The van der Waals surface area contributed by atoms with Crippen LogP contribution in [0.5, 0.6) is 11.5 Å². The van der Waals surface area contributed by atoms with Gasteiger partial charge in [-0.15, -0.1) is 0 Å². The lowest BCUT2D eigenvalue weighted by atomic mass is 9.92. The molecule has 158 valence electrons. The van der Waals surface area contributed by atoms with Crippen LogP contribution in [0.4, 0.5) is 5.82 Å². The molecule has 0 amide bonds. The number of aromatic amines is 1. The number of para-hydroxylation sites is 1. The lowest BCUT2D eigenvalue weighted by Gasteiger charge is -2.26. The fourth-order valence-electron chi connectivity index (χ4n) is 4.23. The first kappa shape index (κ1) is 19.3. The molecule has 1 aliphatic carbocycles. The molecule has 5 rings (SSSR count). The van der Waals surface area contributed by atoms with Gasteiger partial charge in [0, 0.05) is 11.6 Å². The minimum atomic E-state index is -0.290. The largest absolute Gasteiger partial charge is 0.457 e. The summed E-state index contributed by atoms with van der Waals surface area (Å²) in [6.07, 6.45) is 3.57. The first-order valence-corrected chi connectivity index (χ1v) is 10.5. The van der Waals surface area contributed by atoms with E-state index in [-0.39, 0.29) is 23.5 Å². The first-order valence-electron chi connectivity index (χ1n) is 10.5. The lowest BCUT2D eigenvalue weighted by molar-refractivity contribution is 0.311. The molecular weight excluding hydrogens is 392 g/mol. The van der Waals surface area contributed by atoms with Crippen LogP contribution in [-0.4, -0.2) is 26.0 Å². The fourth-order valence-corrected chi connectivity index (χ4v) is 4.23. The molecular formula is C23H24N6O2. The fraction of sp³-hybridized carbons (Fsp3) is 0.261. The van der Waals surface area contributed by atoms with Gasteiger partial charge >= 0.3 is 0 Å². The molecule has 1 fully saturated rings. The molecule has 8 nitrogen and oxygen atoms in total. The molecule has 0 spiro atoms. The molecule has 0 radical (unpaired) electrons. The minimum absolute atomic E-state index is 0.111. The second kappa shape index (κ2) is 7.88. The van der Waals surface area contributed by atoms with Crippen LogP contribution in [-0.2, 0) is 0 Å².